The number of halogens is 1. The normalized spacial score (nSPS) is 31.2. The fraction of sp³-hybridized carbons (Fsp3) is 0.500. The van der Waals surface area contributed by atoms with Crippen molar-refractivity contribution in [2.24, 2.45) is 11.7 Å². The number of nitrogens with two attached hydrogens (primary N) is 1. The molecule has 0 radical (unpaired) electrons. The standard InChI is InChI=1S/C12H16FN/c1-2-9-7-12(14,8-9)10-3-5-11(13)6-4-10/h3-6,9H,2,7-8,14H2,1H3. The van der Waals surface area contributed by atoms with E-state index in [1.807, 2.05) is 0 Å². The van der Waals surface area contributed by atoms with Crippen LogP contribution in [0.25, 0.3) is 0 Å². The molecular formula is C12H16FN. The van der Waals surface area contributed by atoms with Crippen molar-refractivity contribution >= 4 is 0 Å². The van der Waals surface area contributed by atoms with E-state index in [9.17, 15) is 4.39 Å². The molecule has 76 valence electrons. The molecule has 0 aliphatic heterocycles. The Morgan fingerprint density at radius 2 is 1.93 bits per heavy atom. The first-order valence-electron chi connectivity index (χ1n) is 5.19. The second kappa shape index (κ2) is 3.35. The van der Waals surface area contributed by atoms with E-state index in [4.69, 9.17) is 5.73 Å². The molecule has 1 aliphatic carbocycles. The minimum absolute atomic E-state index is 0.186. The Kier molecular flexibility index (Phi) is 2.31. The maximum absolute atomic E-state index is 12.7. The summed E-state index contributed by atoms with van der Waals surface area (Å²) in [5.74, 6) is 0.564. The highest BCUT2D eigenvalue weighted by molar-refractivity contribution is 5.27. The van der Waals surface area contributed by atoms with Gasteiger partial charge in [-0.1, -0.05) is 25.5 Å². The van der Waals surface area contributed by atoms with Gasteiger partial charge in [0.1, 0.15) is 5.82 Å². The zero-order valence-corrected chi connectivity index (χ0v) is 8.46. The molecule has 1 fully saturated rings. The van der Waals surface area contributed by atoms with Crippen molar-refractivity contribution in [3.8, 4) is 0 Å². The molecule has 0 bridgehead atoms. The van der Waals surface area contributed by atoms with Crippen LogP contribution in [0.3, 0.4) is 0 Å². The van der Waals surface area contributed by atoms with E-state index >= 15 is 0 Å². The monoisotopic (exact) mass is 193 g/mol. The second-order valence-corrected chi connectivity index (χ2v) is 4.35. The Hall–Kier alpha value is -0.890. The average molecular weight is 193 g/mol. The van der Waals surface area contributed by atoms with E-state index in [1.165, 1.54) is 18.6 Å². The van der Waals surface area contributed by atoms with Gasteiger partial charge in [-0.05, 0) is 36.5 Å². The van der Waals surface area contributed by atoms with Gasteiger partial charge in [-0.25, -0.2) is 4.39 Å². The van der Waals surface area contributed by atoms with Crippen LogP contribution in [0.15, 0.2) is 24.3 Å². The van der Waals surface area contributed by atoms with Crippen LogP contribution in [0.2, 0.25) is 0 Å². The summed E-state index contributed by atoms with van der Waals surface area (Å²) in [6.45, 7) is 2.19. The van der Waals surface area contributed by atoms with Crippen LogP contribution in [-0.2, 0) is 5.54 Å². The van der Waals surface area contributed by atoms with Crippen LogP contribution >= 0.6 is 0 Å². The Morgan fingerprint density at radius 1 is 1.36 bits per heavy atom. The van der Waals surface area contributed by atoms with Crippen LogP contribution in [0, 0.1) is 11.7 Å². The highest BCUT2D eigenvalue weighted by Crippen LogP contribution is 2.44. The lowest BCUT2D eigenvalue weighted by molar-refractivity contribution is 0.143. The summed E-state index contributed by atoms with van der Waals surface area (Å²) in [5.41, 5.74) is 7.10. The molecule has 2 heteroatoms. The van der Waals surface area contributed by atoms with Gasteiger partial charge in [0.05, 0.1) is 0 Å². The van der Waals surface area contributed by atoms with Crippen molar-refractivity contribution < 1.29 is 4.39 Å². The predicted octanol–water partition coefficient (Wildman–Crippen LogP) is 2.80. The Labute approximate surface area is 84.1 Å². The predicted molar refractivity (Wildman–Crippen MR) is 55.3 cm³/mol. The maximum atomic E-state index is 12.7. The van der Waals surface area contributed by atoms with E-state index < -0.39 is 0 Å². The zero-order chi connectivity index (χ0) is 10.2. The molecule has 1 aromatic rings. The lowest BCUT2D eigenvalue weighted by Crippen LogP contribution is -2.48. The molecule has 14 heavy (non-hydrogen) atoms. The van der Waals surface area contributed by atoms with Crippen molar-refractivity contribution in [2.45, 2.75) is 31.7 Å². The Balaban J connectivity index is 2.13. The summed E-state index contributed by atoms with van der Waals surface area (Å²) >= 11 is 0. The lowest BCUT2D eigenvalue weighted by Gasteiger charge is -2.45. The zero-order valence-electron chi connectivity index (χ0n) is 8.46. The first-order chi connectivity index (χ1) is 6.64. The smallest absolute Gasteiger partial charge is 0.123 e. The van der Waals surface area contributed by atoms with E-state index in [-0.39, 0.29) is 11.4 Å². The van der Waals surface area contributed by atoms with Gasteiger partial charge in [-0.15, -0.1) is 0 Å². The minimum atomic E-state index is -0.191. The van der Waals surface area contributed by atoms with E-state index in [2.05, 4.69) is 6.92 Å². The molecule has 0 saturated heterocycles. The fourth-order valence-electron chi connectivity index (χ4n) is 2.28. The summed E-state index contributed by atoms with van der Waals surface area (Å²) in [4.78, 5) is 0. The molecule has 2 N–H and O–H groups in total. The van der Waals surface area contributed by atoms with E-state index in [0.717, 1.165) is 24.3 Å². The molecule has 0 unspecified atom stereocenters. The van der Waals surface area contributed by atoms with Gasteiger partial charge in [0, 0.05) is 5.54 Å². The van der Waals surface area contributed by atoms with Crippen LogP contribution in [-0.4, -0.2) is 0 Å². The summed E-state index contributed by atoms with van der Waals surface area (Å²) in [6.07, 6.45) is 3.27. The van der Waals surface area contributed by atoms with E-state index in [0.29, 0.717) is 0 Å². The lowest BCUT2D eigenvalue weighted by atomic mass is 9.64. The Morgan fingerprint density at radius 3 is 2.43 bits per heavy atom. The van der Waals surface area contributed by atoms with Gasteiger partial charge < -0.3 is 5.73 Å². The second-order valence-electron chi connectivity index (χ2n) is 4.35. The van der Waals surface area contributed by atoms with Gasteiger partial charge in [0.25, 0.3) is 0 Å². The molecule has 1 nitrogen and oxygen atoms in total. The fourth-order valence-corrected chi connectivity index (χ4v) is 2.28. The minimum Gasteiger partial charge on any atom is -0.321 e. The third-order valence-corrected chi connectivity index (χ3v) is 3.30. The third kappa shape index (κ3) is 1.55. The van der Waals surface area contributed by atoms with Gasteiger partial charge in [0.2, 0.25) is 0 Å². The van der Waals surface area contributed by atoms with E-state index in [1.54, 1.807) is 12.1 Å². The van der Waals surface area contributed by atoms with Crippen LogP contribution in [0.5, 0.6) is 0 Å². The summed E-state index contributed by atoms with van der Waals surface area (Å²) in [6, 6.07) is 6.59. The first kappa shape index (κ1) is 9.66. The molecule has 2 rings (SSSR count). The topological polar surface area (TPSA) is 26.0 Å². The number of rotatable bonds is 2. The van der Waals surface area contributed by atoms with Gasteiger partial charge in [-0.2, -0.15) is 0 Å². The highest BCUT2D eigenvalue weighted by atomic mass is 19.1. The van der Waals surface area contributed by atoms with Crippen LogP contribution in [0.4, 0.5) is 4.39 Å². The molecule has 1 aliphatic rings. The van der Waals surface area contributed by atoms with Crippen molar-refractivity contribution in [3.63, 3.8) is 0 Å². The average Bonchev–Trinajstić information content (AvgIpc) is 2.14. The Bertz CT molecular complexity index is 312. The summed E-state index contributed by atoms with van der Waals surface area (Å²) in [7, 11) is 0. The first-order valence-corrected chi connectivity index (χ1v) is 5.19. The highest BCUT2D eigenvalue weighted by Gasteiger charge is 2.40. The molecule has 0 heterocycles. The molecular weight excluding hydrogens is 177 g/mol. The maximum Gasteiger partial charge on any atom is 0.123 e. The molecule has 1 saturated carbocycles. The van der Waals surface area contributed by atoms with Crippen LogP contribution in [0.1, 0.15) is 31.7 Å². The molecule has 0 amide bonds. The number of hydrogen-bond donors (Lipinski definition) is 1. The molecule has 1 aromatic carbocycles. The van der Waals surface area contributed by atoms with Crippen molar-refractivity contribution in [1.29, 1.82) is 0 Å². The quantitative estimate of drug-likeness (QED) is 0.768. The summed E-state index contributed by atoms with van der Waals surface area (Å²) < 4.78 is 12.7. The SMILES string of the molecule is CCC1CC(N)(c2ccc(F)cc2)C1. The molecule has 0 atom stereocenters. The molecule has 0 spiro atoms. The van der Waals surface area contributed by atoms with Crippen molar-refractivity contribution in [1.82, 2.24) is 0 Å². The third-order valence-electron chi connectivity index (χ3n) is 3.30. The molecule has 0 aromatic heterocycles. The number of hydrogen-bond acceptors (Lipinski definition) is 1. The van der Waals surface area contributed by atoms with Crippen molar-refractivity contribution in [3.05, 3.63) is 35.6 Å². The largest absolute Gasteiger partial charge is 0.321 e. The van der Waals surface area contributed by atoms with Gasteiger partial charge in [-0.3, -0.25) is 0 Å². The van der Waals surface area contributed by atoms with Crippen molar-refractivity contribution in [2.75, 3.05) is 0 Å². The number of benzene rings is 1. The summed E-state index contributed by atoms with van der Waals surface area (Å²) in [5, 5.41) is 0. The van der Waals surface area contributed by atoms with Gasteiger partial charge in [0.15, 0.2) is 0 Å². The van der Waals surface area contributed by atoms with Crippen LogP contribution < -0.4 is 5.73 Å². The van der Waals surface area contributed by atoms with Gasteiger partial charge >= 0.3 is 0 Å².